The van der Waals surface area contributed by atoms with Crippen molar-refractivity contribution in [3.05, 3.63) is 0 Å². The molecule has 0 radical (unpaired) electrons. The predicted molar refractivity (Wildman–Crippen MR) is 69.2 cm³/mol. The molecule has 0 aliphatic rings. The second-order valence-electron chi connectivity index (χ2n) is 4.27. The first-order valence-corrected chi connectivity index (χ1v) is 7.34. The van der Waals surface area contributed by atoms with E-state index < -0.39 is 0 Å². The number of thioether (sulfide) groups is 1. The molecule has 1 nitrogen and oxygen atoms in total. The second kappa shape index (κ2) is 9.85. The zero-order valence-corrected chi connectivity index (χ0v) is 11.1. The minimum Gasteiger partial charge on any atom is -0.314 e. The van der Waals surface area contributed by atoms with Crippen LogP contribution in [-0.4, -0.2) is 24.6 Å². The lowest BCUT2D eigenvalue weighted by Gasteiger charge is -2.20. The van der Waals surface area contributed by atoms with Gasteiger partial charge in [0.1, 0.15) is 0 Å². The zero-order valence-electron chi connectivity index (χ0n) is 10.3. The lowest BCUT2D eigenvalue weighted by Crippen LogP contribution is -2.33. The maximum Gasteiger partial charge on any atom is 0.00874 e. The molecule has 1 N–H and O–H groups in total. The fraction of sp³-hybridized carbons (Fsp3) is 1.00. The highest BCUT2D eigenvalue weighted by molar-refractivity contribution is 7.98. The van der Waals surface area contributed by atoms with Gasteiger partial charge in [0.2, 0.25) is 0 Å². The highest BCUT2D eigenvalue weighted by Gasteiger charge is 2.08. The minimum absolute atomic E-state index is 0.718. The van der Waals surface area contributed by atoms with E-state index in [1.54, 1.807) is 0 Å². The summed E-state index contributed by atoms with van der Waals surface area (Å²) in [6.45, 7) is 8.07. The summed E-state index contributed by atoms with van der Waals surface area (Å²) in [5, 5.41) is 3.64. The van der Waals surface area contributed by atoms with Gasteiger partial charge >= 0.3 is 0 Å². The van der Waals surface area contributed by atoms with Crippen molar-refractivity contribution in [3.8, 4) is 0 Å². The third-order valence-corrected chi connectivity index (χ3v) is 3.37. The van der Waals surface area contributed by atoms with Crippen molar-refractivity contribution in [1.82, 2.24) is 5.32 Å². The molecular weight excluding hydrogens is 190 g/mol. The summed E-state index contributed by atoms with van der Waals surface area (Å²) in [5.74, 6) is 2.09. The maximum absolute atomic E-state index is 3.64. The molecule has 0 aromatic carbocycles. The standard InChI is InChI=1S/C12H27NS/c1-5-12(11(2)3)13-9-7-6-8-10-14-4/h11-13H,5-10H2,1-4H3. The van der Waals surface area contributed by atoms with Crippen LogP contribution in [-0.2, 0) is 0 Å². The number of rotatable bonds is 9. The molecule has 0 spiro atoms. The van der Waals surface area contributed by atoms with Gasteiger partial charge in [0.15, 0.2) is 0 Å². The van der Waals surface area contributed by atoms with E-state index >= 15 is 0 Å². The van der Waals surface area contributed by atoms with Crippen LogP contribution in [0.5, 0.6) is 0 Å². The normalized spacial score (nSPS) is 13.5. The SMILES string of the molecule is CCC(NCCCCCSC)C(C)C. The fourth-order valence-corrected chi connectivity index (χ4v) is 2.18. The Morgan fingerprint density at radius 2 is 1.86 bits per heavy atom. The summed E-state index contributed by atoms with van der Waals surface area (Å²) < 4.78 is 0. The van der Waals surface area contributed by atoms with Crippen molar-refractivity contribution < 1.29 is 0 Å². The van der Waals surface area contributed by atoms with Crippen molar-refractivity contribution in [1.29, 1.82) is 0 Å². The van der Waals surface area contributed by atoms with Crippen molar-refractivity contribution in [2.45, 2.75) is 52.5 Å². The maximum atomic E-state index is 3.64. The molecule has 0 amide bonds. The summed E-state index contributed by atoms with van der Waals surface area (Å²) in [4.78, 5) is 0. The van der Waals surface area contributed by atoms with Gasteiger partial charge in [-0.3, -0.25) is 0 Å². The van der Waals surface area contributed by atoms with Gasteiger partial charge in [-0.2, -0.15) is 11.8 Å². The quantitative estimate of drug-likeness (QED) is 0.593. The smallest absolute Gasteiger partial charge is 0.00874 e. The molecule has 2 heteroatoms. The van der Waals surface area contributed by atoms with Crippen LogP contribution in [0.4, 0.5) is 0 Å². The summed E-state index contributed by atoms with van der Waals surface area (Å²) in [6, 6.07) is 0.718. The van der Waals surface area contributed by atoms with Gasteiger partial charge in [0.25, 0.3) is 0 Å². The van der Waals surface area contributed by atoms with Crippen molar-refractivity contribution in [2.75, 3.05) is 18.6 Å². The van der Waals surface area contributed by atoms with E-state index in [0.29, 0.717) is 0 Å². The Hall–Kier alpha value is 0.310. The summed E-state index contributed by atoms with van der Waals surface area (Å²) >= 11 is 1.95. The Balaban J connectivity index is 3.25. The molecule has 0 aliphatic carbocycles. The molecule has 14 heavy (non-hydrogen) atoms. The van der Waals surface area contributed by atoms with E-state index in [4.69, 9.17) is 0 Å². The van der Waals surface area contributed by atoms with E-state index in [0.717, 1.165) is 12.0 Å². The van der Waals surface area contributed by atoms with Crippen LogP contribution in [0.25, 0.3) is 0 Å². The lowest BCUT2D eigenvalue weighted by molar-refractivity contribution is 0.385. The van der Waals surface area contributed by atoms with Crippen LogP contribution in [0, 0.1) is 5.92 Å². The molecule has 1 unspecified atom stereocenters. The molecule has 0 heterocycles. The average Bonchev–Trinajstić information content (AvgIpc) is 2.16. The highest BCUT2D eigenvalue weighted by Crippen LogP contribution is 2.06. The Morgan fingerprint density at radius 1 is 1.14 bits per heavy atom. The first-order valence-electron chi connectivity index (χ1n) is 5.94. The van der Waals surface area contributed by atoms with Gasteiger partial charge in [0, 0.05) is 6.04 Å². The van der Waals surface area contributed by atoms with Crippen molar-refractivity contribution in [2.24, 2.45) is 5.92 Å². The molecule has 0 aliphatic heterocycles. The fourth-order valence-electron chi connectivity index (χ4n) is 1.69. The largest absolute Gasteiger partial charge is 0.314 e. The van der Waals surface area contributed by atoms with Crippen LogP contribution in [0.3, 0.4) is 0 Å². The molecular formula is C12H27NS. The summed E-state index contributed by atoms with van der Waals surface area (Å²) in [6.07, 6.45) is 7.53. The molecule has 0 saturated heterocycles. The summed E-state index contributed by atoms with van der Waals surface area (Å²) in [7, 11) is 0. The minimum atomic E-state index is 0.718. The molecule has 0 bridgehead atoms. The molecule has 86 valence electrons. The lowest BCUT2D eigenvalue weighted by atomic mass is 10.0. The molecule has 0 aromatic heterocycles. The van der Waals surface area contributed by atoms with Gasteiger partial charge in [-0.05, 0) is 43.7 Å². The zero-order chi connectivity index (χ0) is 10.8. The van der Waals surface area contributed by atoms with Crippen molar-refractivity contribution >= 4 is 11.8 Å². The first-order chi connectivity index (χ1) is 6.72. The summed E-state index contributed by atoms with van der Waals surface area (Å²) in [5.41, 5.74) is 0. The van der Waals surface area contributed by atoms with Gasteiger partial charge in [0.05, 0.1) is 0 Å². The monoisotopic (exact) mass is 217 g/mol. The third-order valence-electron chi connectivity index (χ3n) is 2.68. The molecule has 1 atom stereocenters. The Labute approximate surface area is 94.4 Å². The molecule has 0 saturated carbocycles. The number of nitrogens with one attached hydrogen (secondary N) is 1. The van der Waals surface area contributed by atoms with Crippen LogP contribution < -0.4 is 5.32 Å². The Kier molecular flexibility index (Phi) is 10.1. The Morgan fingerprint density at radius 3 is 2.36 bits per heavy atom. The third kappa shape index (κ3) is 7.69. The number of hydrogen-bond acceptors (Lipinski definition) is 2. The van der Waals surface area contributed by atoms with Gasteiger partial charge in [-0.25, -0.2) is 0 Å². The van der Waals surface area contributed by atoms with E-state index in [-0.39, 0.29) is 0 Å². The van der Waals surface area contributed by atoms with E-state index in [2.05, 4.69) is 32.3 Å². The van der Waals surface area contributed by atoms with Crippen LogP contribution in [0.15, 0.2) is 0 Å². The van der Waals surface area contributed by atoms with Crippen LogP contribution >= 0.6 is 11.8 Å². The van der Waals surface area contributed by atoms with Crippen LogP contribution in [0.1, 0.15) is 46.5 Å². The molecule has 0 rings (SSSR count). The van der Waals surface area contributed by atoms with E-state index in [1.165, 1.54) is 38.0 Å². The van der Waals surface area contributed by atoms with Gasteiger partial charge in [-0.15, -0.1) is 0 Å². The predicted octanol–water partition coefficient (Wildman–Crippen LogP) is 3.54. The second-order valence-corrected chi connectivity index (χ2v) is 5.25. The number of unbranched alkanes of at least 4 members (excludes halogenated alkanes) is 2. The van der Waals surface area contributed by atoms with Crippen molar-refractivity contribution in [3.63, 3.8) is 0 Å². The first kappa shape index (κ1) is 14.3. The van der Waals surface area contributed by atoms with E-state index in [9.17, 15) is 0 Å². The molecule has 0 aromatic rings. The molecule has 0 fully saturated rings. The Bertz CT molecular complexity index is 115. The topological polar surface area (TPSA) is 12.0 Å². The van der Waals surface area contributed by atoms with Gasteiger partial charge < -0.3 is 5.32 Å². The number of hydrogen-bond donors (Lipinski definition) is 1. The average molecular weight is 217 g/mol. The van der Waals surface area contributed by atoms with E-state index in [1.807, 2.05) is 11.8 Å². The van der Waals surface area contributed by atoms with Crippen LogP contribution in [0.2, 0.25) is 0 Å². The highest BCUT2D eigenvalue weighted by atomic mass is 32.2. The van der Waals surface area contributed by atoms with Gasteiger partial charge in [-0.1, -0.05) is 27.2 Å².